The van der Waals surface area contributed by atoms with Crippen LogP contribution in [0.4, 0.5) is 5.69 Å². The highest BCUT2D eigenvalue weighted by Crippen LogP contribution is 2.16. The number of aryl methyl sites for hydroxylation is 1. The van der Waals surface area contributed by atoms with E-state index in [-0.39, 0.29) is 24.4 Å². The standard InChI is InChI=1S/C19H19N3O4/c1-13-4-6-16(7-5-13)22(9-3-8-20)18(24)12-26-19(25)17-10-15(11-21-17)14(2)23/h4-7,10-11,21H,3,9,12H2,1-2H3. The lowest BCUT2D eigenvalue weighted by molar-refractivity contribution is -0.121. The van der Waals surface area contributed by atoms with E-state index >= 15 is 0 Å². The molecule has 1 aromatic carbocycles. The van der Waals surface area contributed by atoms with Crippen LogP contribution in [0.2, 0.25) is 0 Å². The summed E-state index contributed by atoms with van der Waals surface area (Å²) in [6, 6.07) is 10.6. The lowest BCUT2D eigenvalue weighted by atomic mass is 10.2. The molecule has 134 valence electrons. The molecule has 7 heteroatoms. The highest BCUT2D eigenvalue weighted by Gasteiger charge is 2.19. The first kappa shape index (κ1) is 18.9. The normalized spacial score (nSPS) is 10.0. The maximum absolute atomic E-state index is 12.5. The second-order valence-corrected chi connectivity index (χ2v) is 5.72. The number of ether oxygens (including phenoxy) is 1. The molecule has 0 unspecified atom stereocenters. The van der Waals surface area contributed by atoms with Crippen LogP contribution in [0, 0.1) is 18.3 Å². The third-order valence-corrected chi connectivity index (χ3v) is 3.73. The van der Waals surface area contributed by atoms with Gasteiger partial charge in [0.2, 0.25) is 0 Å². The van der Waals surface area contributed by atoms with Gasteiger partial charge >= 0.3 is 5.97 Å². The van der Waals surface area contributed by atoms with Gasteiger partial charge in [-0.1, -0.05) is 17.7 Å². The number of esters is 1. The summed E-state index contributed by atoms with van der Waals surface area (Å²) in [5.74, 6) is -1.34. The molecular formula is C19H19N3O4. The van der Waals surface area contributed by atoms with Crippen molar-refractivity contribution in [3.63, 3.8) is 0 Å². The van der Waals surface area contributed by atoms with Crippen molar-refractivity contribution in [1.82, 2.24) is 4.98 Å². The fraction of sp³-hybridized carbons (Fsp3) is 0.263. The molecular weight excluding hydrogens is 334 g/mol. The van der Waals surface area contributed by atoms with Crippen LogP contribution >= 0.6 is 0 Å². The molecule has 0 radical (unpaired) electrons. The zero-order chi connectivity index (χ0) is 19.1. The number of carbonyl (C=O) groups is 3. The first-order chi connectivity index (χ1) is 12.4. The van der Waals surface area contributed by atoms with Gasteiger partial charge in [0.1, 0.15) is 5.69 Å². The number of nitrogens with zero attached hydrogens (tertiary/aromatic N) is 2. The van der Waals surface area contributed by atoms with Crippen molar-refractivity contribution in [2.24, 2.45) is 0 Å². The number of anilines is 1. The Hall–Kier alpha value is -3.40. The van der Waals surface area contributed by atoms with Crippen molar-refractivity contribution in [2.45, 2.75) is 20.3 Å². The summed E-state index contributed by atoms with van der Waals surface area (Å²) in [5, 5.41) is 8.80. The summed E-state index contributed by atoms with van der Waals surface area (Å²) in [6.45, 7) is 3.05. The average Bonchev–Trinajstić information content (AvgIpc) is 3.12. The number of nitriles is 1. The summed E-state index contributed by atoms with van der Waals surface area (Å²) in [7, 11) is 0. The van der Waals surface area contributed by atoms with Crippen molar-refractivity contribution in [1.29, 1.82) is 5.26 Å². The summed E-state index contributed by atoms with van der Waals surface area (Å²) in [5.41, 5.74) is 2.13. The molecule has 2 rings (SSSR count). The lowest BCUT2D eigenvalue weighted by Gasteiger charge is -2.21. The molecule has 0 aliphatic rings. The molecule has 0 aliphatic heterocycles. The van der Waals surface area contributed by atoms with Crippen molar-refractivity contribution in [3.8, 4) is 6.07 Å². The van der Waals surface area contributed by atoms with Gasteiger partial charge in [-0.3, -0.25) is 9.59 Å². The first-order valence-electron chi connectivity index (χ1n) is 8.03. The number of nitrogens with one attached hydrogen (secondary N) is 1. The Labute approximate surface area is 151 Å². The lowest BCUT2D eigenvalue weighted by Crippen LogP contribution is -2.35. The van der Waals surface area contributed by atoms with Crippen LogP contribution in [0.1, 0.15) is 39.8 Å². The van der Waals surface area contributed by atoms with Crippen LogP contribution in [-0.4, -0.2) is 35.8 Å². The Kier molecular flexibility index (Phi) is 6.28. The monoisotopic (exact) mass is 353 g/mol. The molecule has 1 N–H and O–H groups in total. The van der Waals surface area contributed by atoms with Crippen molar-refractivity contribution < 1.29 is 19.1 Å². The Morgan fingerprint density at radius 1 is 1.23 bits per heavy atom. The molecule has 7 nitrogen and oxygen atoms in total. The largest absolute Gasteiger partial charge is 0.451 e. The summed E-state index contributed by atoms with van der Waals surface area (Å²) >= 11 is 0. The number of hydrogen-bond donors (Lipinski definition) is 1. The van der Waals surface area contributed by atoms with Gasteiger partial charge in [0.15, 0.2) is 12.4 Å². The van der Waals surface area contributed by atoms with Gasteiger partial charge in [0.05, 0.1) is 12.5 Å². The highest BCUT2D eigenvalue weighted by atomic mass is 16.5. The number of Topliss-reactive ketones (excluding diaryl/α,β-unsaturated/α-hetero) is 1. The number of aromatic amines is 1. The van der Waals surface area contributed by atoms with E-state index in [1.807, 2.05) is 25.1 Å². The van der Waals surface area contributed by atoms with Gasteiger partial charge in [-0.05, 0) is 32.0 Å². The van der Waals surface area contributed by atoms with Gasteiger partial charge in [-0.25, -0.2) is 4.79 Å². The van der Waals surface area contributed by atoms with Gasteiger partial charge in [0, 0.05) is 24.0 Å². The van der Waals surface area contributed by atoms with Crippen molar-refractivity contribution >= 4 is 23.3 Å². The first-order valence-corrected chi connectivity index (χ1v) is 8.03. The molecule has 2 aromatic rings. The van der Waals surface area contributed by atoms with Crippen LogP contribution < -0.4 is 4.90 Å². The number of carbonyl (C=O) groups excluding carboxylic acids is 3. The van der Waals surface area contributed by atoms with Gasteiger partial charge in [-0.15, -0.1) is 0 Å². The maximum Gasteiger partial charge on any atom is 0.355 e. The Morgan fingerprint density at radius 3 is 2.50 bits per heavy atom. The summed E-state index contributed by atoms with van der Waals surface area (Å²) in [6.07, 6.45) is 1.57. The van der Waals surface area contributed by atoms with Crippen LogP contribution in [0.15, 0.2) is 36.5 Å². The summed E-state index contributed by atoms with van der Waals surface area (Å²) < 4.78 is 5.03. The topological polar surface area (TPSA) is 103 Å². The second kappa shape index (κ2) is 8.62. The number of benzene rings is 1. The number of rotatable bonds is 7. The molecule has 0 spiro atoms. The van der Waals surface area contributed by atoms with Gasteiger partial charge in [-0.2, -0.15) is 5.26 Å². The van der Waals surface area contributed by atoms with E-state index < -0.39 is 18.5 Å². The Morgan fingerprint density at radius 2 is 1.92 bits per heavy atom. The minimum absolute atomic E-state index is 0.0990. The number of aromatic nitrogens is 1. The Bertz CT molecular complexity index is 846. The van der Waals surface area contributed by atoms with E-state index in [2.05, 4.69) is 4.98 Å². The zero-order valence-corrected chi connectivity index (χ0v) is 14.6. The van der Waals surface area contributed by atoms with E-state index in [1.54, 1.807) is 12.1 Å². The molecule has 0 saturated heterocycles. The molecule has 0 bridgehead atoms. The van der Waals surface area contributed by atoms with E-state index in [4.69, 9.17) is 10.00 Å². The smallest absolute Gasteiger partial charge is 0.355 e. The molecule has 26 heavy (non-hydrogen) atoms. The van der Waals surface area contributed by atoms with Crippen LogP contribution in [0.3, 0.4) is 0 Å². The zero-order valence-electron chi connectivity index (χ0n) is 14.6. The predicted molar refractivity (Wildman–Crippen MR) is 94.8 cm³/mol. The second-order valence-electron chi connectivity index (χ2n) is 5.72. The van der Waals surface area contributed by atoms with Crippen LogP contribution in [0.25, 0.3) is 0 Å². The van der Waals surface area contributed by atoms with Gasteiger partial charge in [0.25, 0.3) is 5.91 Å². The molecule has 1 heterocycles. The minimum Gasteiger partial charge on any atom is -0.451 e. The molecule has 0 fully saturated rings. The van der Waals surface area contributed by atoms with E-state index in [0.717, 1.165) is 5.56 Å². The molecule has 1 aromatic heterocycles. The molecule has 0 atom stereocenters. The third kappa shape index (κ3) is 4.80. The van der Waals surface area contributed by atoms with E-state index in [1.165, 1.54) is 24.1 Å². The third-order valence-electron chi connectivity index (χ3n) is 3.73. The van der Waals surface area contributed by atoms with Crippen molar-refractivity contribution in [3.05, 3.63) is 53.3 Å². The molecule has 0 saturated carbocycles. The maximum atomic E-state index is 12.5. The predicted octanol–water partition coefficient (Wildman–Crippen LogP) is 2.63. The quantitative estimate of drug-likeness (QED) is 0.609. The van der Waals surface area contributed by atoms with E-state index in [9.17, 15) is 14.4 Å². The fourth-order valence-electron chi connectivity index (χ4n) is 2.28. The minimum atomic E-state index is -0.727. The number of ketones is 1. The number of H-pyrrole nitrogens is 1. The average molecular weight is 353 g/mol. The molecule has 1 amide bonds. The fourth-order valence-corrected chi connectivity index (χ4v) is 2.28. The van der Waals surface area contributed by atoms with Gasteiger partial charge < -0.3 is 14.6 Å². The van der Waals surface area contributed by atoms with E-state index in [0.29, 0.717) is 11.3 Å². The summed E-state index contributed by atoms with van der Waals surface area (Å²) in [4.78, 5) is 39.8. The van der Waals surface area contributed by atoms with Crippen LogP contribution in [0.5, 0.6) is 0 Å². The van der Waals surface area contributed by atoms with Crippen LogP contribution in [-0.2, 0) is 9.53 Å². The highest BCUT2D eigenvalue weighted by molar-refractivity contribution is 5.99. The number of hydrogen-bond acceptors (Lipinski definition) is 5. The number of amides is 1. The molecule has 0 aliphatic carbocycles. The Balaban J connectivity index is 2.03. The SMILES string of the molecule is CC(=O)c1c[nH]c(C(=O)OCC(=O)N(CCC#N)c2ccc(C)cc2)c1. The van der Waals surface area contributed by atoms with Crippen molar-refractivity contribution in [2.75, 3.05) is 18.1 Å².